The topological polar surface area (TPSA) is 53.5 Å². The molecule has 1 aromatic carbocycles. The molecule has 3 saturated heterocycles. The lowest BCUT2D eigenvalue weighted by Crippen LogP contribution is -2.45. The summed E-state index contributed by atoms with van der Waals surface area (Å²) in [5.74, 6) is 1.15. The van der Waals surface area contributed by atoms with Gasteiger partial charge in [0, 0.05) is 37.2 Å². The van der Waals surface area contributed by atoms with Crippen molar-refractivity contribution in [1.82, 2.24) is 20.2 Å². The van der Waals surface area contributed by atoms with Crippen LogP contribution in [0.1, 0.15) is 60.9 Å². The molecule has 0 radical (unpaired) electrons. The zero-order chi connectivity index (χ0) is 22.6. The standard InChI is InChI=1S/C28H37N5O/c1-2-6-23-21(5-1)7-11-27(23)12-8-22-24(19-27)30-26(31-25(22)32-17-13-29-14-18-32)34-20-28-9-3-15-33(28)16-4-10-28/h1-2,5-6,29H,3-4,7-20H2. The van der Waals surface area contributed by atoms with Gasteiger partial charge in [0.1, 0.15) is 12.4 Å². The van der Waals surface area contributed by atoms with Gasteiger partial charge in [-0.05, 0) is 82.0 Å². The van der Waals surface area contributed by atoms with E-state index in [0.717, 1.165) is 51.4 Å². The fourth-order valence-electron chi connectivity index (χ4n) is 7.74. The first-order valence-corrected chi connectivity index (χ1v) is 13.6. The van der Waals surface area contributed by atoms with Crippen LogP contribution in [0.25, 0.3) is 0 Å². The lowest BCUT2D eigenvalue weighted by Gasteiger charge is -2.38. The molecule has 0 bridgehead atoms. The molecule has 1 N–H and O–H groups in total. The molecule has 1 spiro atoms. The Morgan fingerprint density at radius 3 is 2.56 bits per heavy atom. The van der Waals surface area contributed by atoms with Crippen molar-refractivity contribution in [3.63, 3.8) is 0 Å². The van der Waals surface area contributed by atoms with E-state index in [1.165, 1.54) is 69.3 Å². The number of anilines is 1. The van der Waals surface area contributed by atoms with Gasteiger partial charge in [-0.1, -0.05) is 24.3 Å². The predicted octanol–water partition coefficient (Wildman–Crippen LogP) is 3.27. The highest BCUT2D eigenvalue weighted by Gasteiger charge is 2.46. The Balaban J connectivity index is 1.23. The summed E-state index contributed by atoms with van der Waals surface area (Å²) in [6, 6.07) is 9.73. The number of nitrogens with zero attached hydrogens (tertiary/aromatic N) is 4. The second-order valence-electron chi connectivity index (χ2n) is 11.3. The van der Waals surface area contributed by atoms with Crippen LogP contribution in [0, 0.1) is 0 Å². The maximum atomic E-state index is 6.51. The van der Waals surface area contributed by atoms with Crippen LogP contribution in [0.15, 0.2) is 24.3 Å². The first-order chi connectivity index (χ1) is 16.7. The molecule has 2 aromatic rings. The lowest BCUT2D eigenvalue weighted by molar-refractivity contribution is 0.107. The van der Waals surface area contributed by atoms with Gasteiger partial charge in [0.25, 0.3) is 0 Å². The number of hydrogen-bond donors (Lipinski definition) is 1. The molecule has 180 valence electrons. The fourth-order valence-corrected chi connectivity index (χ4v) is 7.74. The Hall–Kier alpha value is -2.18. The zero-order valence-corrected chi connectivity index (χ0v) is 20.3. The van der Waals surface area contributed by atoms with Gasteiger partial charge >= 0.3 is 6.01 Å². The predicted molar refractivity (Wildman–Crippen MR) is 134 cm³/mol. The van der Waals surface area contributed by atoms with E-state index in [2.05, 4.69) is 39.4 Å². The number of benzene rings is 1. The molecule has 0 amide bonds. The normalized spacial score (nSPS) is 27.6. The van der Waals surface area contributed by atoms with Crippen LogP contribution in [-0.4, -0.2) is 66.3 Å². The molecule has 7 rings (SSSR count). The first kappa shape index (κ1) is 21.1. The van der Waals surface area contributed by atoms with Crippen LogP contribution in [0.2, 0.25) is 0 Å². The van der Waals surface area contributed by atoms with Crippen LogP contribution in [0.3, 0.4) is 0 Å². The minimum Gasteiger partial charge on any atom is -0.461 e. The molecule has 3 aliphatic heterocycles. The Bertz CT molecular complexity index is 1070. The van der Waals surface area contributed by atoms with Crippen molar-refractivity contribution in [1.29, 1.82) is 0 Å². The van der Waals surface area contributed by atoms with Crippen LogP contribution in [-0.2, 0) is 24.7 Å². The van der Waals surface area contributed by atoms with Crippen LogP contribution < -0.4 is 15.0 Å². The summed E-state index contributed by atoms with van der Waals surface area (Å²) in [7, 11) is 0. The van der Waals surface area contributed by atoms with Gasteiger partial charge in [0.15, 0.2) is 0 Å². The Morgan fingerprint density at radius 2 is 1.71 bits per heavy atom. The van der Waals surface area contributed by atoms with Crippen molar-refractivity contribution in [2.24, 2.45) is 0 Å². The third kappa shape index (κ3) is 3.36. The third-order valence-corrected chi connectivity index (χ3v) is 9.57. The maximum absolute atomic E-state index is 6.51. The molecule has 1 atom stereocenters. The maximum Gasteiger partial charge on any atom is 0.318 e. The van der Waals surface area contributed by atoms with E-state index >= 15 is 0 Å². The van der Waals surface area contributed by atoms with Gasteiger partial charge in [-0.3, -0.25) is 4.90 Å². The molecule has 34 heavy (non-hydrogen) atoms. The van der Waals surface area contributed by atoms with Gasteiger partial charge in [-0.15, -0.1) is 0 Å². The van der Waals surface area contributed by atoms with E-state index in [1.807, 2.05) is 0 Å². The lowest BCUT2D eigenvalue weighted by atomic mass is 9.69. The average Bonchev–Trinajstić information content (AvgIpc) is 3.56. The minimum atomic E-state index is 0.222. The van der Waals surface area contributed by atoms with E-state index in [-0.39, 0.29) is 11.0 Å². The third-order valence-electron chi connectivity index (χ3n) is 9.57. The van der Waals surface area contributed by atoms with E-state index in [1.54, 1.807) is 11.1 Å². The molecule has 6 heteroatoms. The van der Waals surface area contributed by atoms with E-state index < -0.39 is 0 Å². The number of fused-ring (bicyclic) bond motifs is 4. The average molecular weight is 460 g/mol. The number of aryl methyl sites for hydroxylation is 1. The first-order valence-electron chi connectivity index (χ1n) is 13.6. The van der Waals surface area contributed by atoms with Crippen molar-refractivity contribution in [2.75, 3.05) is 50.8 Å². The van der Waals surface area contributed by atoms with Crippen LogP contribution in [0.5, 0.6) is 6.01 Å². The summed E-state index contributed by atoms with van der Waals surface area (Å²) in [5.41, 5.74) is 6.19. The van der Waals surface area contributed by atoms with E-state index in [0.29, 0.717) is 6.01 Å². The quantitative estimate of drug-likeness (QED) is 0.758. The number of ether oxygens (including phenoxy) is 1. The molecule has 2 aliphatic carbocycles. The number of hydrogen-bond acceptors (Lipinski definition) is 6. The number of nitrogens with one attached hydrogen (secondary N) is 1. The molecule has 1 unspecified atom stereocenters. The largest absolute Gasteiger partial charge is 0.461 e. The highest BCUT2D eigenvalue weighted by atomic mass is 16.5. The summed E-state index contributed by atoms with van der Waals surface area (Å²) in [6.45, 7) is 7.24. The van der Waals surface area contributed by atoms with Crippen molar-refractivity contribution < 1.29 is 4.74 Å². The number of aromatic nitrogens is 2. The molecule has 6 nitrogen and oxygen atoms in total. The molecule has 4 heterocycles. The van der Waals surface area contributed by atoms with Gasteiger partial charge in [-0.2, -0.15) is 9.97 Å². The summed E-state index contributed by atoms with van der Waals surface area (Å²) in [4.78, 5) is 15.4. The number of piperazine rings is 1. The summed E-state index contributed by atoms with van der Waals surface area (Å²) < 4.78 is 6.51. The monoisotopic (exact) mass is 459 g/mol. The van der Waals surface area contributed by atoms with Gasteiger partial charge in [0.05, 0.1) is 11.2 Å². The second-order valence-corrected chi connectivity index (χ2v) is 11.3. The molecule has 3 fully saturated rings. The van der Waals surface area contributed by atoms with Crippen molar-refractivity contribution in [3.8, 4) is 6.01 Å². The van der Waals surface area contributed by atoms with Gasteiger partial charge in [-0.25, -0.2) is 0 Å². The Morgan fingerprint density at radius 1 is 0.912 bits per heavy atom. The summed E-state index contributed by atoms with van der Waals surface area (Å²) in [5, 5.41) is 3.49. The summed E-state index contributed by atoms with van der Waals surface area (Å²) in [6.07, 6.45) is 10.8. The summed E-state index contributed by atoms with van der Waals surface area (Å²) >= 11 is 0. The number of rotatable bonds is 4. The highest BCUT2D eigenvalue weighted by molar-refractivity contribution is 5.54. The fraction of sp³-hybridized carbons (Fsp3) is 0.643. The van der Waals surface area contributed by atoms with Gasteiger partial charge < -0.3 is 15.0 Å². The second kappa shape index (κ2) is 8.20. The minimum absolute atomic E-state index is 0.222. The molecule has 1 aromatic heterocycles. The SMILES string of the molecule is c1ccc2c(c1)CCC21CCc2c(nc(OCC34CCCN3CCC4)nc2N2CCNCC2)C1. The highest BCUT2D eigenvalue weighted by Crippen LogP contribution is 2.48. The molecule has 0 saturated carbocycles. The van der Waals surface area contributed by atoms with Crippen LogP contribution in [0.4, 0.5) is 5.82 Å². The molecular formula is C28H37N5O. The molecular weight excluding hydrogens is 422 g/mol. The Kier molecular flexibility index (Phi) is 5.09. The van der Waals surface area contributed by atoms with Crippen LogP contribution >= 0.6 is 0 Å². The molecule has 5 aliphatic rings. The van der Waals surface area contributed by atoms with Crippen molar-refractivity contribution in [3.05, 3.63) is 46.6 Å². The van der Waals surface area contributed by atoms with Crippen molar-refractivity contribution >= 4 is 5.82 Å². The Labute approximate surface area is 203 Å². The smallest absolute Gasteiger partial charge is 0.318 e. The van der Waals surface area contributed by atoms with E-state index in [4.69, 9.17) is 14.7 Å². The zero-order valence-electron chi connectivity index (χ0n) is 20.3. The van der Waals surface area contributed by atoms with Gasteiger partial charge in [0.2, 0.25) is 0 Å². The van der Waals surface area contributed by atoms with Crippen molar-refractivity contribution in [2.45, 2.75) is 68.7 Å². The van der Waals surface area contributed by atoms with E-state index in [9.17, 15) is 0 Å².